The molecule has 0 heterocycles. The number of phenols is 1. The number of benzene rings is 4. The average Bonchev–Trinajstić information content (AvgIpc) is 3.13. The number of hydrogen-bond acceptors (Lipinski definition) is 9. The van der Waals surface area contributed by atoms with Gasteiger partial charge in [0.25, 0.3) is 10.1 Å². The summed E-state index contributed by atoms with van der Waals surface area (Å²) >= 11 is 0. The zero-order valence-electron chi connectivity index (χ0n) is 32.1. The maximum atomic E-state index is 11.5. The second kappa shape index (κ2) is 25.4. The van der Waals surface area contributed by atoms with Crippen LogP contribution in [-0.4, -0.2) is 68.8 Å². The predicted octanol–water partition coefficient (Wildman–Crippen LogP) is 10.1. The summed E-state index contributed by atoms with van der Waals surface area (Å²) in [4.78, 5) is -0.374. The minimum atomic E-state index is -4.51. The Kier molecular flexibility index (Phi) is 22.3. The van der Waals surface area contributed by atoms with Gasteiger partial charge in [0.05, 0.1) is 9.79 Å². The molecule has 0 unspecified atom stereocenters. The normalized spacial score (nSPS) is 11.3. The van der Waals surface area contributed by atoms with Crippen LogP contribution >= 0.6 is 0 Å². The first kappa shape index (κ1) is 48.3. The van der Waals surface area contributed by atoms with Gasteiger partial charge in [-0.15, -0.1) is 5.75 Å². The molecule has 0 atom stereocenters. The van der Waals surface area contributed by atoms with Crippen LogP contribution in [0.5, 0.6) is 34.5 Å². The Labute approximate surface area is 357 Å². The molecule has 2 N–H and O–H groups in total. The van der Waals surface area contributed by atoms with Crippen LogP contribution in [0.25, 0.3) is 0 Å². The first-order chi connectivity index (χ1) is 25.8. The molecular formula is C42H54CaO10S2. The van der Waals surface area contributed by atoms with E-state index >= 15 is 0 Å². The minimum absolute atomic E-state index is 0. The summed E-state index contributed by atoms with van der Waals surface area (Å²) in [5.41, 5.74) is 1.43. The fourth-order valence-corrected chi connectivity index (χ4v) is 6.89. The molecule has 0 spiro atoms. The fraction of sp³-hybridized carbons (Fsp3) is 0.429. The van der Waals surface area contributed by atoms with E-state index in [1.54, 1.807) is 30.3 Å². The Balaban J connectivity index is 0.000000373. The van der Waals surface area contributed by atoms with Gasteiger partial charge in [-0.1, -0.05) is 103 Å². The SMILES string of the molecule is CCCCCCCCCc1cc(S(=O)(=O)O)ccc1Oc1ccc(O)cc1.CCCCCCCCCc1cc(S(=O)(=O)[O-])ccc1Oc1ccc([O-])cc1.[Ca+2]. The van der Waals surface area contributed by atoms with Gasteiger partial charge >= 0.3 is 37.7 Å². The van der Waals surface area contributed by atoms with Crippen LogP contribution in [0, 0.1) is 0 Å². The Bertz CT molecular complexity index is 1770. The summed E-state index contributed by atoms with van der Waals surface area (Å²) in [6.45, 7) is 4.38. The maximum Gasteiger partial charge on any atom is 2.00 e. The van der Waals surface area contributed by atoms with E-state index in [4.69, 9.17) is 9.47 Å². The van der Waals surface area contributed by atoms with E-state index < -0.39 is 20.2 Å². The molecule has 4 aromatic carbocycles. The van der Waals surface area contributed by atoms with Crippen LogP contribution in [0.15, 0.2) is 94.7 Å². The monoisotopic (exact) mass is 822 g/mol. The number of phenolic OH excluding ortho intramolecular Hbond substituents is 1. The third kappa shape index (κ3) is 18.8. The average molecular weight is 823 g/mol. The molecule has 0 fully saturated rings. The van der Waals surface area contributed by atoms with Gasteiger partial charge in [-0.05, 0) is 110 Å². The molecular weight excluding hydrogens is 769 g/mol. The van der Waals surface area contributed by atoms with E-state index in [2.05, 4.69) is 13.8 Å². The van der Waals surface area contributed by atoms with Gasteiger partial charge in [-0.3, -0.25) is 4.55 Å². The van der Waals surface area contributed by atoms with E-state index in [0.29, 0.717) is 41.4 Å². The van der Waals surface area contributed by atoms with Gasteiger partial charge in [0, 0.05) is 0 Å². The Morgan fingerprint density at radius 3 is 1.35 bits per heavy atom. The molecule has 4 aromatic rings. The van der Waals surface area contributed by atoms with Crippen LogP contribution in [0.4, 0.5) is 0 Å². The van der Waals surface area contributed by atoms with Crippen molar-refractivity contribution in [2.75, 3.05) is 0 Å². The quantitative estimate of drug-likeness (QED) is 0.0441. The summed E-state index contributed by atoms with van der Waals surface area (Å²) in [7, 11) is -8.77. The first-order valence-electron chi connectivity index (χ1n) is 18.9. The van der Waals surface area contributed by atoms with Gasteiger partial charge in [-0.2, -0.15) is 8.42 Å². The second-order valence-corrected chi connectivity index (χ2v) is 16.2. The van der Waals surface area contributed by atoms with Crippen molar-refractivity contribution >= 4 is 58.0 Å². The summed E-state index contributed by atoms with van der Waals surface area (Å²) in [5.74, 6) is 2.14. The minimum Gasteiger partial charge on any atom is -0.872 e. The number of ether oxygens (including phenoxy) is 2. The number of unbranched alkanes of at least 4 members (excludes halogenated alkanes) is 12. The van der Waals surface area contributed by atoms with Crippen LogP contribution in [0.2, 0.25) is 0 Å². The summed E-state index contributed by atoms with van der Waals surface area (Å²) in [6, 6.07) is 20.8. The summed E-state index contributed by atoms with van der Waals surface area (Å²) in [6.07, 6.45) is 17.4. The molecule has 4 rings (SSSR count). The van der Waals surface area contributed by atoms with Crippen molar-refractivity contribution in [3.8, 4) is 34.5 Å². The second-order valence-electron chi connectivity index (χ2n) is 13.4. The van der Waals surface area contributed by atoms with E-state index in [1.165, 1.54) is 106 Å². The Hall–Kier alpha value is -2.84. The van der Waals surface area contributed by atoms with E-state index in [0.717, 1.165) is 44.1 Å². The number of rotatable bonds is 22. The molecule has 0 saturated heterocycles. The van der Waals surface area contributed by atoms with Gasteiger partial charge in [0.15, 0.2) is 0 Å². The summed E-state index contributed by atoms with van der Waals surface area (Å²) in [5, 5.41) is 20.6. The molecule has 0 aromatic heterocycles. The van der Waals surface area contributed by atoms with Crippen LogP contribution in [-0.2, 0) is 33.1 Å². The summed E-state index contributed by atoms with van der Waals surface area (Å²) < 4.78 is 77.9. The molecule has 0 aliphatic rings. The molecule has 13 heteroatoms. The van der Waals surface area contributed by atoms with Gasteiger partial charge in [0.1, 0.15) is 38.9 Å². The van der Waals surface area contributed by atoms with Crippen LogP contribution in [0.3, 0.4) is 0 Å². The van der Waals surface area contributed by atoms with Crippen molar-refractivity contribution in [3.05, 3.63) is 96.1 Å². The van der Waals surface area contributed by atoms with Crippen molar-refractivity contribution in [2.45, 2.75) is 126 Å². The van der Waals surface area contributed by atoms with Gasteiger partial charge in [0.2, 0.25) is 0 Å². The topological polar surface area (TPSA) is 173 Å². The molecule has 0 radical (unpaired) electrons. The molecule has 55 heavy (non-hydrogen) atoms. The van der Waals surface area contributed by atoms with E-state index in [9.17, 15) is 36.2 Å². The van der Waals surface area contributed by atoms with Crippen molar-refractivity contribution < 1.29 is 45.6 Å². The Morgan fingerprint density at radius 2 is 0.927 bits per heavy atom. The number of hydrogen-bond donors (Lipinski definition) is 2. The van der Waals surface area contributed by atoms with Crippen molar-refractivity contribution in [2.24, 2.45) is 0 Å². The van der Waals surface area contributed by atoms with Crippen LogP contribution in [0.1, 0.15) is 115 Å². The predicted molar refractivity (Wildman–Crippen MR) is 214 cm³/mol. The van der Waals surface area contributed by atoms with Crippen molar-refractivity contribution in [1.29, 1.82) is 0 Å². The molecule has 10 nitrogen and oxygen atoms in total. The van der Waals surface area contributed by atoms with E-state index in [-0.39, 0.29) is 59.0 Å². The first-order valence-corrected chi connectivity index (χ1v) is 21.8. The zero-order valence-corrected chi connectivity index (χ0v) is 35.9. The van der Waals surface area contributed by atoms with Crippen molar-refractivity contribution in [3.63, 3.8) is 0 Å². The molecule has 0 saturated carbocycles. The molecule has 0 aliphatic carbocycles. The largest absolute Gasteiger partial charge is 2.00 e. The fourth-order valence-electron chi connectivity index (χ4n) is 5.84. The zero-order chi connectivity index (χ0) is 39.4. The molecule has 296 valence electrons. The number of aromatic hydroxyl groups is 1. The molecule has 0 bridgehead atoms. The van der Waals surface area contributed by atoms with Crippen molar-refractivity contribution in [1.82, 2.24) is 0 Å². The molecule has 0 aliphatic heterocycles. The third-order valence-electron chi connectivity index (χ3n) is 8.87. The van der Waals surface area contributed by atoms with Crippen LogP contribution < -0.4 is 14.6 Å². The molecule has 0 amide bonds. The maximum absolute atomic E-state index is 11.5. The Morgan fingerprint density at radius 1 is 0.545 bits per heavy atom. The smallest absolute Gasteiger partial charge is 0.872 e. The third-order valence-corrected chi connectivity index (χ3v) is 10.5. The van der Waals surface area contributed by atoms with Gasteiger partial charge < -0.3 is 24.2 Å². The number of aryl methyl sites for hydroxylation is 2. The van der Waals surface area contributed by atoms with E-state index in [1.807, 2.05) is 0 Å². The standard InChI is InChI=1S/2C21H28O5S.Ca/c2*1-2-3-4-5-6-7-8-9-17-16-20(27(23,24)25)14-15-21(17)26-19-12-10-18(22)11-13-19;/h2*10-16,22H,2-9H2,1H3,(H,23,24,25);/q;;+2/p-2. The van der Waals surface area contributed by atoms with Gasteiger partial charge in [-0.25, -0.2) is 8.42 Å².